The molecule has 27 heavy (non-hydrogen) atoms. The van der Waals surface area contributed by atoms with E-state index in [1.807, 2.05) is 28.7 Å². The van der Waals surface area contributed by atoms with Gasteiger partial charge in [-0.05, 0) is 53.6 Å². The van der Waals surface area contributed by atoms with Gasteiger partial charge in [0.1, 0.15) is 0 Å². The zero-order valence-corrected chi connectivity index (χ0v) is 16.6. The lowest BCUT2D eigenvalue weighted by molar-refractivity contribution is 1.74. The van der Waals surface area contributed by atoms with Crippen LogP contribution in [-0.4, -0.2) is 0 Å². The normalized spacial score (nSPS) is 11.9. The largest absolute Gasteiger partial charge is 0.135 e. The Morgan fingerprint density at radius 1 is 0.556 bits per heavy atom. The third-order valence-electron chi connectivity index (χ3n) is 5.14. The predicted molar refractivity (Wildman–Crippen MR) is 123 cm³/mol. The van der Waals surface area contributed by atoms with Crippen LogP contribution in [0.15, 0.2) is 78.9 Å². The van der Waals surface area contributed by atoms with Gasteiger partial charge in [0.15, 0.2) is 0 Å². The SMILES string of the molecule is Clc1ccc2sc3cccc(-c4ccc5sc6ccccc6c5c4)c3c2c1. The molecule has 2 heterocycles. The van der Waals surface area contributed by atoms with Crippen LogP contribution in [0.5, 0.6) is 0 Å². The van der Waals surface area contributed by atoms with E-state index in [2.05, 4.69) is 72.8 Å². The van der Waals surface area contributed by atoms with Gasteiger partial charge in [-0.2, -0.15) is 0 Å². The van der Waals surface area contributed by atoms with Crippen LogP contribution in [0.3, 0.4) is 0 Å². The number of benzene rings is 4. The van der Waals surface area contributed by atoms with Crippen LogP contribution in [0.25, 0.3) is 51.5 Å². The van der Waals surface area contributed by atoms with Crippen molar-refractivity contribution in [2.24, 2.45) is 0 Å². The van der Waals surface area contributed by atoms with Gasteiger partial charge in [0.25, 0.3) is 0 Å². The summed E-state index contributed by atoms with van der Waals surface area (Å²) >= 11 is 10.00. The third-order valence-corrected chi connectivity index (χ3v) is 7.67. The summed E-state index contributed by atoms with van der Waals surface area (Å²) in [5, 5.41) is 6.01. The lowest BCUT2D eigenvalue weighted by atomic mass is 9.98. The van der Waals surface area contributed by atoms with Crippen molar-refractivity contribution in [2.45, 2.75) is 0 Å². The van der Waals surface area contributed by atoms with Crippen LogP contribution in [0.2, 0.25) is 5.02 Å². The van der Waals surface area contributed by atoms with Gasteiger partial charge in [-0.25, -0.2) is 0 Å². The van der Waals surface area contributed by atoms with Crippen molar-refractivity contribution in [1.29, 1.82) is 0 Å². The van der Waals surface area contributed by atoms with Gasteiger partial charge < -0.3 is 0 Å². The molecular weight excluding hydrogens is 388 g/mol. The lowest BCUT2D eigenvalue weighted by Gasteiger charge is -2.06. The van der Waals surface area contributed by atoms with Crippen LogP contribution >= 0.6 is 34.3 Å². The highest BCUT2D eigenvalue weighted by molar-refractivity contribution is 7.26. The summed E-state index contributed by atoms with van der Waals surface area (Å²) in [5.74, 6) is 0. The topological polar surface area (TPSA) is 0 Å². The third kappa shape index (κ3) is 2.34. The Hall–Kier alpha value is -2.39. The molecule has 0 fully saturated rings. The molecule has 6 aromatic rings. The molecule has 0 amide bonds. The van der Waals surface area contributed by atoms with Gasteiger partial charge in [-0.15, -0.1) is 22.7 Å². The number of thiophene rings is 2. The minimum atomic E-state index is 0.788. The molecule has 4 aromatic carbocycles. The van der Waals surface area contributed by atoms with E-state index in [-0.39, 0.29) is 0 Å². The van der Waals surface area contributed by atoms with Crippen molar-refractivity contribution in [1.82, 2.24) is 0 Å². The number of fused-ring (bicyclic) bond motifs is 6. The highest BCUT2D eigenvalue weighted by Gasteiger charge is 2.13. The van der Waals surface area contributed by atoms with Crippen molar-refractivity contribution in [3.63, 3.8) is 0 Å². The maximum Gasteiger partial charge on any atom is 0.0413 e. The molecule has 6 rings (SSSR count). The summed E-state index contributed by atoms with van der Waals surface area (Å²) in [4.78, 5) is 0. The molecule has 0 aliphatic rings. The Bertz CT molecular complexity index is 1490. The van der Waals surface area contributed by atoms with Gasteiger partial charge in [-0.1, -0.05) is 48.0 Å². The van der Waals surface area contributed by atoms with E-state index >= 15 is 0 Å². The number of hydrogen-bond acceptors (Lipinski definition) is 2. The molecule has 128 valence electrons. The molecule has 0 aliphatic carbocycles. The molecule has 0 saturated heterocycles. The Morgan fingerprint density at radius 2 is 1.30 bits per heavy atom. The van der Waals surface area contributed by atoms with E-state index in [1.165, 1.54) is 51.5 Å². The van der Waals surface area contributed by atoms with Crippen LogP contribution in [0.4, 0.5) is 0 Å². The van der Waals surface area contributed by atoms with Crippen molar-refractivity contribution < 1.29 is 0 Å². The summed E-state index contributed by atoms with van der Waals surface area (Å²) in [6, 6.07) is 28.3. The molecule has 0 atom stereocenters. The minimum Gasteiger partial charge on any atom is -0.135 e. The second-order valence-electron chi connectivity index (χ2n) is 6.73. The maximum atomic E-state index is 6.31. The van der Waals surface area contributed by atoms with Crippen LogP contribution in [0.1, 0.15) is 0 Å². The summed E-state index contributed by atoms with van der Waals surface area (Å²) in [5.41, 5.74) is 2.54. The zero-order valence-electron chi connectivity index (χ0n) is 14.2. The summed E-state index contributed by atoms with van der Waals surface area (Å²) < 4.78 is 5.27. The molecule has 2 aromatic heterocycles. The molecule has 0 spiro atoms. The first kappa shape index (κ1) is 15.6. The highest BCUT2D eigenvalue weighted by atomic mass is 35.5. The average molecular weight is 401 g/mol. The standard InChI is InChI=1S/C24H13ClS2/c25-15-9-11-22-19(13-15)24-16(5-3-7-23(24)27-22)14-8-10-21-18(12-14)17-4-1-2-6-20(17)26-21/h1-13H. The summed E-state index contributed by atoms with van der Waals surface area (Å²) in [6.07, 6.45) is 0. The fourth-order valence-electron chi connectivity index (χ4n) is 3.93. The molecule has 0 saturated carbocycles. The lowest BCUT2D eigenvalue weighted by Crippen LogP contribution is -1.79. The Labute approximate surface area is 169 Å². The molecule has 0 unspecified atom stereocenters. The van der Waals surface area contributed by atoms with Crippen LogP contribution in [-0.2, 0) is 0 Å². The number of hydrogen-bond donors (Lipinski definition) is 0. The van der Waals surface area contributed by atoms with Gasteiger partial charge in [0, 0.05) is 45.4 Å². The molecule has 0 bridgehead atoms. The van der Waals surface area contributed by atoms with Crippen molar-refractivity contribution in [3.05, 3.63) is 83.9 Å². The first-order chi connectivity index (χ1) is 13.3. The zero-order chi connectivity index (χ0) is 18.0. The quantitative estimate of drug-likeness (QED) is 0.259. The first-order valence-corrected chi connectivity index (χ1v) is 10.8. The highest BCUT2D eigenvalue weighted by Crippen LogP contribution is 2.42. The van der Waals surface area contributed by atoms with Crippen molar-refractivity contribution in [2.75, 3.05) is 0 Å². The Morgan fingerprint density at radius 3 is 2.26 bits per heavy atom. The predicted octanol–water partition coefficient (Wildman–Crippen LogP) is 8.74. The second-order valence-corrected chi connectivity index (χ2v) is 9.33. The molecule has 0 N–H and O–H groups in total. The monoisotopic (exact) mass is 400 g/mol. The second kappa shape index (κ2) is 5.80. The molecular formula is C24H13ClS2. The van der Waals surface area contributed by atoms with Gasteiger partial charge in [-0.3, -0.25) is 0 Å². The van der Waals surface area contributed by atoms with E-state index in [0.29, 0.717) is 0 Å². The van der Waals surface area contributed by atoms with Crippen LogP contribution < -0.4 is 0 Å². The Kier molecular flexibility index (Phi) is 3.36. The molecule has 0 nitrogen and oxygen atoms in total. The van der Waals surface area contributed by atoms with E-state index in [9.17, 15) is 0 Å². The van der Waals surface area contributed by atoms with Crippen molar-refractivity contribution >= 4 is 74.6 Å². The van der Waals surface area contributed by atoms with E-state index in [0.717, 1.165) is 5.02 Å². The summed E-state index contributed by atoms with van der Waals surface area (Å²) in [6.45, 7) is 0. The van der Waals surface area contributed by atoms with E-state index in [4.69, 9.17) is 11.6 Å². The number of halogens is 1. The van der Waals surface area contributed by atoms with E-state index < -0.39 is 0 Å². The van der Waals surface area contributed by atoms with Gasteiger partial charge in [0.05, 0.1) is 0 Å². The first-order valence-electron chi connectivity index (χ1n) is 8.80. The molecule has 0 radical (unpaired) electrons. The smallest absolute Gasteiger partial charge is 0.0413 e. The molecule has 3 heteroatoms. The van der Waals surface area contributed by atoms with Crippen LogP contribution in [0, 0.1) is 0 Å². The Balaban J connectivity index is 1.71. The fraction of sp³-hybridized carbons (Fsp3) is 0. The van der Waals surface area contributed by atoms with Crippen molar-refractivity contribution in [3.8, 4) is 11.1 Å². The number of rotatable bonds is 1. The molecule has 0 aliphatic heterocycles. The van der Waals surface area contributed by atoms with Gasteiger partial charge >= 0.3 is 0 Å². The fourth-order valence-corrected chi connectivity index (χ4v) is 6.30. The van der Waals surface area contributed by atoms with Gasteiger partial charge in [0.2, 0.25) is 0 Å². The summed E-state index contributed by atoms with van der Waals surface area (Å²) in [7, 11) is 0. The average Bonchev–Trinajstić information content (AvgIpc) is 3.25. The van der Waals surface area contributed by atoms with E-state index in [1.54, 1.807) is 0 Å². The minimum absolute atomic E-state index is 0.788. The maximum absolute atomic E-state index is 6.31.